The molecule has 1 aromatic carbocycles. The van der Waals surface area contributed by atoms with E-state index < -0.39 is 0 Å². The van der Waals surface area contributed by atoms with Crippen LogP contribution in [0.3, 0.4) is 0 Å². The maximum absolute atomic E-state index is 12.0. The first kappa shape index (κ1) is 14.8. The van der Waals surface area contributed by atoms with Crippen LogP contribution in [0, 0.1) is 3.57 Å². The van der Waals surface area contributed by atoms with Gasteiger partial charge in [0.1, 0.15) is 0 Å². The third-order valence-electron chi connectivity index (χ3n) is 2.05. The van der Waals surface area contributed by atoms with Crippen LogP contribution in [0.5, 0.6) is 0 Å². The first-order valence-corrected chi connectivity index (χ1v) is 8.54. The zero-order valence-corrected chi connectivity index (χ0v) is 15.5. The number of anilines is 1. The summed E-state index contributed by atoms with van der Waals surface area (Å²) in [6.45, 7) is 0. The third kappa shape index (κ3) is 3.47. The minimum Gasteiger partial charge on any atom is -0.320 e. The maximum Gasteiger partial charge on any atom is 0.265 e. The van der Waals surface area contributed by atoms with Gasteiger partial charge in [0.05, 0.1) is 14.4 Å². The molecule has 2 nitrogen and oxygen atoms in total. The van der Waals surface area contributed by atoms with E-state index in [1.54, 1.807) is 24.3 Å². The lowest BCUT2D eigenvalue weighted by Crippen LogP contribution is -2.11. The molecule has 1 aromatic heterocycles. The molecule has 0 saturated carbocycles. The molecule has 0 aliphatic carbocycles. The number of benzene rings is 1. The summed E-state index contributed by atoms with van der Waals surface area (Å²) in [6, 6.07) is 7.13. The van der Waals surface area contributed by atoms with E-state index >= 15 is 0 Å². The smallest absolute Gasteiger partial charge is 0.265 e. The molecule has 7 heteroatoms. The molecule has 0 aliphatic rings. The lowest BCUT2D eigenvalue weighted by Gasteiger charge is -2.06. The van der Waals surface area contributed by atoms with Crippen LogP contribution < -0.4 is 5.32 Å². The van der Waals surface area contributed by atoms with Crippen molar-refractivity contribution in [2.75, 3.05) is 5.32 Å². The molecule has 1 amide bonds. The maximum atomic E-state index is 12.0. The molecule has 1 heterocycles. The number of halogens is 4. The topological polar surface area (TPSA) is 29.1 Å². The Kier molecular flexibility index (Phi) is 5.10. The van der Waals surface area contributed by atoms with E-state index in [4.69, 9.17) is 11.6 Å². The molecule has 18 heavy (non-hydrogen) atoms. The first-order chi connectivity index (χ1) is 8.47. The van der Waals surface area contributed by atoms with Gasteiger partial charge in [0.25, 0.3) is 5.91 Å². The highest BCUT2D eigenvalue weighted by Crippen LogP contribution is 2.33. The van der Waals surface area contributed by atoms with Crippen molar-refractivity contribution in [3.05, 3.63) is 46.0 Å². The van der Waals surface area contributed by atoms with Crippen molar-refractivity contribution in [3.63, 3.8) is 0 Å². The van der Waals surface area contributed by atoms with E-state index in [1.807, 2.05) is 0 Å². The Morgan fingerprint density at radius 1 is 1.33 bits per heavy atom. The second-order valence-electron chi connectivity index (χ2n) is 3.31. The molecule has 2 aromatic rings. The summed E-state index contributed by atoms with van der Waals surface area (Å²) in [5, 5.41) is 3.51. The zero-order valence-electron chi connectivity index (χ0n) is 8.64. The summed E-state index contributed by atoms with van der Waals surface area (Å²) in [6.07, 6.45) is 0. The number of nitrogens with one attached hydrogen (secondary N) is 1. The van der Waals surface area contributed by atoms with Gasteiger partial charge < -0.3 is 5.32 Å². The van der Waals surface area contributed by atoms with Crippen molar-refractivity contribution in [2.45, 2.75) is 0 Å². The Hall–Kier alpha value is 0.370. The quantitative estimate of drug-likeness (QED) is 0.499. The van der Waals surface area contributed by atoms with Crippen LogP contribution in [0.1, 0.15) is 9.67 Å². The van der Waals surface area contributed by atoms with Gasteiger partial charge in [-0.05, 0) is 78.7 Å². The predicted octanol–water partition coefficient (Wildman–Crippen LogP) is 5.78. The average Bonchev–Trinajstić information content (AvgIpc) is 2.63. The Morgan fingerprint density at radius 2 is 2.06 bits per heavy atom. The zero-order chi connectivity index (χ0) is 13.3. The Labute approximate surface area is 144 Å². The van der Waals surface area contributed by atoms with Gasteiger partial charge in [-0.2, -0.15) is 0 Å². The van der Waals surface area contributed by atoms with Crippen LogP contribution in [0.25, 0.3) is 0 Å². The highest BCUT2D eigenvalue weighted by molar-refractivity contribution is 14.1. The Bertz CT molecular complexity index is 598. The summed E-state index contributed by atoms with van der Waals surface area (Å²) in [5.74, 6) is -0.133. The number of carbonyl (C=O) groups excluding carboxylic acids is 1. The van der Waals surface area contributed by atoms with Gasteiger partial charge in [-0.1, -0.05) is 11.6 Å². The van der Waals surface area contributed by atoms with Crippen molar-refractivity contribution in [2.24, 2.45) is 0 Å². The lowest BCUT2D eigenvalue weighted by atomic mass is 10.3. The van der Waals surface area contributed by atoms with E-state index in [-0.39, 0.29) is 5.91 Å². The van der Waals surface area contributed by atoms with Gasteiger partial charge in [-0.3, -0.25) is 4.79 Å². The molecule has 0 atom stereocenters. The van der Waals surface area contributed by atoms with Gasteiger partial charge in [0.15, 0.2) is 0 Å². The molecular weight excluding hydrogens is 516 g/mol. The molecular formula is C11H5Br2ClINOS. The molecule has 0 fully saturated rings. The second kappa shape index (κ2) is 6.21. The molecule has 0 radical (unpaired) electrons. The number of hydrogen-bond acceptors (Lipinski definition) is 2. The summed E-state index contributed by atoms with van der Waals surface area (Å²) in [4.78, 5) is 12.7. The van der Waals surface area contributed by atoms with Crippen molar-refractivity contribution in [1.82, 2.24) is 0 Å². The van der Waals surface area contributed by atoms with Crippen molar-refractivity contribution >= 4 is 89.0 Å². The molecule has 0 saturated heterocycles. The summed E-state index contributed by atoms with van der Waals surface area (Å²) in [7, 11) is 0. The number of hydrogen-bond donors (Lipinski definition) is 1. The number of thiophene rings is 1. The van der Waals surface area contributed by atoms with E-state index in [9.17, 15) is 4.79 Å². The van der Waals surface area contributed by atoms with Crippen LogP contribution in [0.15, 0.2) is 32.5 Å². The van der Waals surface area contributed by atoms with Crippen molar-refractivity contribution in [1.29, 1.82) is 0 Å². The minimum absolute atomic E-state index is 0.133. The Morgan fingerprint density at radius 3 is 2.61 bits per heavy atom. The van der Waals surface area contributed by atoms with Gasteiger partial charge >= 0.3 is 0 Å². The fourth-order valence-electron chi connectivity index (χ4n) is 1.23. The fourth-order valence-corrected chi connectivity index (χ4v) is 4.17. The monoisotopic (exact) mass is 519 g/mol. The summed E-state index contributed by atoms with van der Waals surface area (Å²) in [5.41, 5.74) is 0.755. The number of carbonyl (C=O) groups is 1. The van der Waals surface area contributed by atoms with Gasteiger partial charge in [0.2, 0.25) is 0 Å². The van der Waals surface area contributed by atoms with E-state index in [1.165, 1.54) is 11.3 Å². The highest BCUT2D eigenvalue weighted by atomic mass is 127. The van der Waals surface area contributed by atoms with Crippen molar-refractivity contribution < 1.29 is 4.79 Å². The van der Waals surface area contributed by atoms with Gasteiger partial charge in [0, 0.05) is 13.1 Å². The van der Waals surface area contributed by atoms with Crippen LogP contribution in [-0.4, -0.2) is 5.91 Å². The first-order valence-electron chi connectivity index (χ1n) is 4.68. The molecule has 0 aliphatic heterocycles. The van der Waals surface area contributed by atoms with Crippen LogP contribution in [0.4, 0.5) is 5.69 Å². The molecule has 0 spiro atoms. The highest BCUT2D eigenvalue weighted by Gasteiger charge is 2.13. The van der Waals surface area contributed by atoms with Crippen molar-refractivity contribution in [3.8, 4) is 0 Å². The van der Waals surface area contributed by atoms with Crippen LogP contribution >= 0.6 is 77.4 Å². The van der Waals surface area contributed by atoms with E-state index in [0.29, 0.717) is 9.90 Å². The van der Waals surface area contributed by atoms with Gasteiger partial charge in [-0.15, -0.1) is 11.3 Å². The third-order valence-corrected chi connectivity index (χ3v) is 6.43. The summed E-state index contributed by atoms with van der Waals surface area (Å²) < 4.78 is 2.69. The summed E-state index contributed by atoms with van der Waals surface area (Å²) >= 11 is 16.1. The molecule has 1 N–H and O–H groups in total. The standard InChI is InChI=1S/C11H5Br2ClINOS/c12-6-4-9(18-10(6)13)11(17)16-8-2-1-5(14)3-7(8)15/h1-4H,(H,16,17). The molecule has 2 rings (SSSR count). The second-order valence-corrected chi connectivity index (χ2v) is 8.13. The lowest BCUT2D eigenvalue weighted by molar-refractivity contribution is 0.103. The molecule has 94 valence electrons. The normalized spacial score (nSPS) is 10.4. The van der Waals surface area contributed by atoms with Crippen LogP contribution in [-0.2, 0) is 0 Å². The average molecular weight is 521 g/mol. The number of rotatable bonds is 2. The SMILES string of the molecule is O=C(Nc1ccc(Cl)cc1I)c1cc(Br)c(Br)s1. The minimum atomic E-state index is -0.133. The van der Waals surface area contributed by atoms with E-state index in [0.717, 1.165) is 17.5 Å². The predicted molar refractivity (Wildman–Crippen MR) is 91.8 cm³/mol. The van der Waals surface area contributed by atoms with E-state index in [2.05, 4.69) is 59.8 Å². The Balaban J connectivity index is 2.21. The number of amides is 1. The largest absolute Gasteiger partial charge is 0.320 e. The fraction of sp³-hybridized carbons (Fsp3) is 0. The van der Waals surface area contributed by atoms with Gasteiger partial charge in [-0.25, -0.2) is 0 Å². The molecule has 0 unspecified atom stereocenters. The van der Waals surface area contributed by atoms with Crippen LogP contribution in [0.2, 0.25) is 5.02 Å². The molecule has 0 bridgehead atoms.